The molecule has 1 aliphatic heterocycles. The normalized spacial score (nSPS) is 31.6. The first-order valence-corrected chi connectivity index (χ1v) is 8.32. The molecule has 4 atom stereocenters. The molecule has 0 aromatic carbocycles. The van der Waals surface area contributed by atoms with Crippen LogP contribution in [0.2, 0.25) is 0 Å². The van der Waals surface area contributed by atoms with Crippen molar-refractivity contribution in [2.24, 2.45) is 17.6 Å². The van der Waals surface area contributed by atoms with Gasteiger partial charge in [0.25, 0.3) is 0 Å². The molecule has 21 heavy (non-hydrogen) atoms. The van der Waals surface area contributed by atoms with E-state index in [9.17, 15) is 9.59 Å². The van der Waals surface area contributed by atoms with Gasteiger partial charge in [-0.05, 0) is 51.4 Å². The van der Waals surface area contributed by atoms with Crippen molar-refractivity contribution < 1.29 is 9.59 Å². The largest absolute Gasteiger partial charge is 0.344 e. The van der Waals surface area contributed by atoms with E-state index in [1.165, 1.54) is 6.42 Å². The Balaban J connectivity index is 1.84. The van der Waals surface area contributed by atoms with Crippen molar-refractivity contribution in [2.45, 2.75) is 64.5 Å². The van der Waals surface area contributed by atoms with Crippen molar-refractivity contribution in [1.82, 2.24) is 10.2 Å². The fourth-order valence-electron chi connectivity index (χ4n) is 3.65. The van der Waals surface area contributed by atoms with Crippen molar-refractivity contribution in [3.63, 3.8) is 0 Å². The molecule has 1 saturated heterocycles. The van der Waals surface area contributed by atoms with E-state index in [0.717, 1.165) is 45.2 Å². The molecule has 2 amide bonds. The van der Waals surface area contributed by atoms with Crippen LogP contribution >= 0.6 is 0 Å². The summed E-state index contributed by atoms with van der Waals surface area (Å²) in [6.07, 6.45) is 5.95. The zero-order valence-corrected chi connectivity index (χ0v) is 13.3. The fourth-order valence-corrected chi connectivity index (χ4v) is 3.65. The Bertz CT molecular complexity index is 370. The van der Waals surface area contributed by atoms with Crippen LogP contribution in [0, 0.1) is 11.8 Å². The van der Waals surface area contributed by atoms with Crippen molar-refractivity contribution in [2.75, 3.05) is 13.1 Å². The van der Waals surface area contributed by atoms with Crippen LogP contribution in [0.5, 0.6) is 0 Å². The van der Waals surface area contributed by atoms with Crippen LogP contribution in [-0.4, -0.2) is 41.9 Å². The molecule has 1 aliphatic carbocycles. The number of nitrogens with two attached hydrogens (primary N) is 1. The van der Waals surface area contributed by atoms with E-state index in [1.807, 2.05) is 4.90 Å². The SMILES string of the molecule is CC1CC(N)CC(C(=O)NC(C)C(=O)N2CCCCC2)C1. The average molecular weight is 295 g/mol. The maximum Gasteiger partial charge on any atom is 0.244 e. The summed E-state index contributed by atoms with van der Waals surface area (Å²) in [7, 11) is 0. The van der Waals surface area contributed by atoms with Crippen LogP contribution in [0.25, 0.3) is 0 Å². The van der Waals surface area contributed by atoms with E-state index in [-0.39, 0.29) is 23.8 Å². The Morgan fingerprint density at radius 2 is 1.81 bits per heavy atom. The first-order valence-electron chi connectivity index (χ1n) is 8.32. The highest BCUT2D eigenvalue weighted by Crippen LogP contribution is 2.28. The Morgan fingerprint density at radius 3 is 2.43 bits per heavy atom. The molecule has 1 heterocycles. The molecule has 2 rings (SSSR count). The van der Waals surface area contributed by atoms with Crippen LogP contribution in [0.3, 0.4) is 0 Å². The lowest BCUT2D eigenvalue weighted by atomic mass is 9.79. The van der Waals surface area contributed by atoms with Gasteiger partial charge >= 0.3 is 0 Å². The predicted molar refractivity (Wildman–Crippen MR) is 82.5 cm³/mol. The number of nitrogens with one attached hydrogen (secondary N) is 1. The number of likely N-dealkylation sites (tertiary alicyclic amines) is 1. The molecule has 2 fully saturated rings. The summed E-state index contributed by atoms with van der Waals surface area (Å²) in [4.78, 5) is 26.6. The number of carbonyl (C=O) groups is 2. The third-order valence-electron chi connectivity index (χ3n) is 4.75. The maximum absolute atomic E-state index is 12.3. The van der Waals surface area contributed by atoms with E-state index < -0.39 is 6.04 Å². The summed E-state index contributed by atoms with van der Waals surface area (Å²) >= 11 is 0. The van der Waals surface area contributed by atoms with Gasteiger partial charge in [-0.1, -0.05) is 6.92 Å². The number of rotatable bonds is 3. The minimum atomic E-state index is -0.427. The Morgan fingerprint density at radius 1 is 1.14 bits per heavy atom. The van der Waals surface area contributed by atoms with Crippen LogP contribution in [0.1, 0.15) is 52.4 Å². The number of hydrogen-bond donors (Lipinski definition) is 2. The molecule has 5 heteroatoms. The maximum atomic E-state index is 12.3. The molecular weight excluding hydrogens is 266 g/mol. The Kier molecular flexibility index (Phi) is 5.62. The summed E-state index contributed by atoms with van der Waals surface area (Å²) in [5.41, 5.74) is 6.01. The molecule has 1 saturated carbocycles. The van der Waals surface area contributed by atoms with Gasteiger partial charge in [0.1, 0.15) is 6.04 Å². The number of piperidine rings is 1. The van der Waals surface area contributed by atoms with Crippen molar-refractivity contribution >= 4 is 11.8 Å². The Hall–Kier alpha value is -1.10. The lowest BCUT2D eigenvalue weighted by Gasteiger charge is -2.32. The van der Waals surface area contributed by atoms with Gasteiger partial charge in [0.2, 0.25) is 11.8 Å². The van der Waals surface area contributed by atoms with E-state index in [0.29, 0.717) is 5.92 Å². The van der Waals surface area contributed by atoms with Crippen molar-refractivity contribution in [1.29, 1.82) is 0 Å². The van der Waals surface area contributed by atoms with Crippen LogP contribution in [0.4, 0.5) is 0 Å². The molecule has 0 aromatic heterocycles. The second-order valence-electron chi connectivity index (χ2n) is 6.89. The Labute approximate surface area is 127 Å². The standard InChI is InChI=1S/C16H29N3O2/c1-11-8-13(10-14(17)9-11)15(20)18-12(2)16(21)19-6-4-3-5-7-19/h11-14H,3-10,17H2,1-2H3,(H,18,20). The molecule has 0 bridgehead atoms. The molecular formula is C16H29N3O2. The second kappa shape index (κ2) is 7.25. The van der Waals surface area contributed by atoms with Gasteiger partial charge in [0.15, 0.2) is 0 Å². The lowest BCUT2D eigenvalue weighted by Crippen LogP contribution is -2.50. The zero-order chi connectivity index (χ0) is 15.4. The van der Waals surface area contributed by atoms with E-state index in [1.54, 1.807) is 6.92 Å². The van der Waals surface area contributed by atoms with Gasteiger partial charge in [-0.25, -0.2) is 0 Å². The molecule has 5 nitrogen and oxygen atoms in total. The third kappa shape index (κ3) is 4.43. The highest BCUT2D eigenvalue weighted by molar-refractivity contribution is 5.88. The molecule has 0 spiro atoms. The van der Waals surface area contributed by atoms with Crippen molar-refractivity contribution in [3.05, 3.63) is 0 Å². The zero-order valence-electron chi connectivity index (χ0n) is 13.3. The first kappa shape index (κ1) is 16.3. The van der Waals surface area contributed by atoms with Gasteiger partial charge in [-0.3, -0.25) is 9.59 Å². The van der Waals surface area contributed by atoms with Gasteiger partial charge in [-0.15, -0.1) is 0 Å². The van der Waals surface area contributed by atoms with Crippen LogP contribution in [0.15, 0.2) is 0 Å². The molecule has 3 N–H and O–H groups in total. The number of nitrogens with zero attached hydrogens (tertiary/aromatic N) is 1. The fraction of sp³-hybridized carbons (Fsp3) is 0.875. The van der Waals surface area contributed by atoms with E-state index in [4.69, 9.17) is 5.73 Å². The van der Waals surface area contributed by atoms with Crippen molar-refractivity contribution in [3.8, 4) is 0 Å². The minimum absolute atomic E-state index is 0.00476. The summed E-state index contributed by atoms with van der Waals surface area (Å²) in [6, 6.07) is -0.318. The highest BCUT2D eigenvalue weighted by Gasteiger charge is 2.31. The minimum Gasteiger partial charge on any atom is -0.344 e. The summed E-state index contributed by atoms with van der Waals surface area (Å²) in [6.45, 7) is 5.58. The predicted octanol–water partition coefficient (Wildman–Crippen LogP) is 1.27. The quantitative estimate of drug-likeness (QED) is 0.823. The average Bonchev–Trinajstić information content (AvgIpc) is 2.46. The van der Waals surface area contributed by atoms with Gasteiger partial charge in [0, 0.05) is 25.0 Å². The number of carbonyl (C=O) groups excluding carboxylic acids is 2. The number of amides is 2. The van der Waals surface area contributed by atoms with E-state index in [2.05, 4.69) is 12.2 Å². The molecule has 2 aliphatic rings. The topological polar surface area (TPSA) is 75.4 Å². The third-order valence-corrected chi connectivity index (χ3v) is 4.75. The molecule has 0 aromatic rings. The van der Waals surface area contributed by atoms with E-state index >= 15 is 0 Å². The summed E-state index contributed by atoms with van der Waals surface area (Å²) in [5, 5.41) is 2.90. The molecule has 0 radical (unpaired) electrons. The van der Waals surface area contributed by atoms with Gasteiger partial charge < -0.3 is 16.0 Å². The smallest absolute Gasteiger partial charge is 0.244 e. The number of hydrogen-bond acceptors (Lipinski definition) is 3. The molecule has 4 unspecified atom stereocenters. The van der Waals surface area contributed by atoms with Crippen LogP contribution < -0.4 is 11.1 Å². The lowest BCUT2D eigenvalue weighted by molar-refractivity contribution is -0.138. The second-order valence-corrected chi connectivity index (χ2v) is 6.89. The highest BCUT2D eigenvalue weighted by atomic mass is 16.2. The monoisotopic (exact) mass is 295 g/mol. The summed E-state index contributed by atoms with van der Waals surface area (Å²) in [5.74, 6) is 0.490. The van der Waals surface area contributed by atoms with Gasteiger partial charge in [0.05, 0.1) is 0 Å². The van der Waals surface area contributed by atoms with Crippen LogP contribution in [-0.2, 0) is 9.59 Å². The molecule has 120 valence electrons. The first-order chi connectivity index (χ1) is 9.97. The van der Waals surface area contributed by atoms with Gasteiger partial charge in [-0.2, -0.15) is 0 Å². The summed E-state index contributed by atoms with van der Waals surface area (Å²) < 4.78 is 0.